The number of aliphatic hydroxyl groups excluding tert-OH is 1. The second-order valence-electron chi connectivity index (χ2n) is 4.28. The lowest BCUT2D eigenvalue weighted by atomic mass is 10.2. The second kappa shape index (κ2) is 8.50. The van der Waals surface area contributed by atoms with Crippen LogP contribution >= 0.6 is 0 Å². The van der Waals surface area contributed by atoms with Crippen LogP contribution in [0.4, 0.5) is 5.69 Å². The summed E-state index contributed by atoms with van der Waals surface area (Å²) in [5, 5.41) is 11.7. The minimum absolute atomic E-state index is 0.0691. The Morgan fingerprint density at radius 2 is 1.95 bits per heavy atom. The van der Waals surface area contributed by atoms with Gasteiger partial charge in [-0.1, -0.05) is 0 Å². The van der Waals surface area contributed by atoms with Crippen LogP contribution in [0.1, 0.15) is 24.2 Å². The molecule has 0 atom stereocenters. The van der Waals surface area contributed by atoms with E-state index in [2.05, 4.69) is 5.32 Å². The van der Waals surface area contributed by atoms with E-state index in [1.165, 1.54) is 0 Å². The molecule has 5 heteroatoms. The Labute approximate surface area is 113 Å². The summed E-state index contributed by atoms with van der Waals surface area (Å²) >= 11 is 0. The highest BCUT2D eigenvalue weighted by Gasteiger charge is 2.06. The number of aliphatic hydroxyl groups is 1. The molecule has 0 saturated carbocycles. The number of carbonyl (C=O) groups excluding carboxylic acids is 1. The molecule has 0 unspecified atom stereocenters. The van der Waals surface area contributed by atoms with E-state index in [4.69, 9.17) is 14.6 Å². The molecule has 1 aromatic carbocycles. The molecule has 0 aliphatic carbocycles. The molecule has 0 aromatic heterocycles. The van der Waals surface area contributed by atoms with E-state index in [0.717, 1.165) is 5.69 Å². The first-order chi connectivity index (χ1) is 9.13. The number of hydrogen-bond acceptors (Lipinski definition) is 5. The van der Waals surface area contributed by atoms with Crippen LogP contribution in [0.25, 0.3) is 0 Å². The van der Waals surface area contributed by atoms with Crippen LogP contribution in [0.3, 0.4) is 0 Å². The summed E-state index contributed by atoms with van der Waals surface area (Å²) in [5.41, 5.74) is 1.35. The number of nitrogens with one attached hydrogen (secondary N) is 1. The fourth-order valence-corrected chi connectivity index (χ4v) is 1.43. The smallest absolute Gasteiger partial charge is 0.338 e. The number of carbonyl (C=O) groups is 1. The molecule has 0 aliphatic heterocycles. The van der Waals surface area contributed by atoms with Crippen LogP contribution in [-0.4, -0.2) is 43.5 Å². The summed E-state index contributed by atoms with van der Waals surface area (Å²) in [5.74, 6) is -0.360. The molecule has 106 valence electrons. The van der Waals surface area contributed by atoms with Crippen LogP contribution < -0.4 is 5.32 Å². The van der Waals surface area contributed by atoms with Crippen LogP contribution in [0.5, 0.6) is 0 Å². The molecular formula is C14H21NO4. The third-order valence-corrected chi connectivity index (χ3v) is 2.33. The second-order valence-corrected chi connectivity index (χ2v) is 4.28. The minimum atomic E-state index is -0.360. The lowest BCUT2D eigenvalue weighted by molar-refractivity contribution is 0.0177. The maximum absolute atomic E-state index is 11.7. The molecule has 19 heavy (non-hydrogen) atoms. The normalized spacial score (nSPS) is 10.5. The quantitative estimate of drug-likeness (QED) is 0.554. The predicted octanol–water partition coefficient (Wildman–Crippen LogP) is 1.67. The van der Waals surface area contributed by atoms with Crippen molar-refractivity contribution < 1.29 is 19.4 Å². The lowest BCUT2D eigenvalue weighted by Crippen LogP contribution is -2.13. The molecule has 0 heterocycles. The first-order valence-electron chi connectivity index (χ1n) is 6.37. The van der Waals surface area contributed by atoms with Gasteiger partial charge in [-0.15, -0.1) is 0 Å². The topological polar surface area (TPSA) is 67.8 Å². The van der Waals surface area contributed by atoms with E-state index in [9.17, 15) is 4.79 Å². The van der Waals surface area contributed by atoms with Crippen molar-refractivity contribution in [2.24, 2.45) is 0 Å². The molecule has 0 spiro atoms. The summed E-state index contributed by atoms with van der Waals surface area (Å²) in [6.45, 7) is 5.07. The molecule has 0 amide bonds. The van der Waals surface area contributed by atoms with Gasteiger partial charge in [-0.3, -0.25) is 0 Å². The number of esters is 1. The van der Waals surface area contributed by atoms with E-state index in [1.54, 1.807) is 24.3 Å². The summed E-state index contributed by atoms with van der Waals surface area (Å²) in [6.07, 6.45) is 0.135. The van der Waals surface area contributed by atoms with Gasteiger partial charge in [0, 0.05) is 12.2 Å². The third-order valence-electron chi connectivity index (χ3n) is 2.33. The molecule has 0 radical (unpaired) electrons. The fraction of sp³-hybridized carbons (Fsp3) is 0.500. The Morgan fingerprint density at radius 3 is 2.53 bits per heavy atom. The average Bonchev–Trinajstić information content (AvgIpc) is 2.41. The van der Waals surface area contributed by atoms with Gasteiger partial charge in [0.1, 0.15) is 6.61 Å². The van der Waals surface area contributed by atoms with Gasteiger partial charge < -0.3 is 19.9 Å². The molecular weight excluding hydrogens is 246 g/mol. The predicted molar refractivity (Wildman–Crippen MR) is 73.4 cm³/mol. The molecule has 1 rings (SSSR count). The van der Waals surface area contributed by atoms with E-state index in [1.807, 2.05) is 13.8 Å². The number of benzene rings is 1. The standard InChI is InChI=1S/C14H21NO4/c1-11(2)18-9-10-19-14(17)12-3-5-13(6-4-12)15-7-8-16/h3-6,11,15-16H,7-10H2,1-2H3. The molecule has 2 N–H and O–H groups in total. The Kier molecular flexibility index (Phi) is 6.92. The fourth-order valence-electron chi connectivity index (χ4n) is 1.43. The van der Waals surface area contributed by atoms with Crippen molar-refractivity contribution in [1.29, 1.82) is 0 Å². The molecule has 0 saturated heterocycles. The van der Waals surface area contributed by atoms with E-state index < -0.39 is 0 Å². The average molecular weight is 267 g/mol. The Balaban J connectivity index is 2.36. The summed E-state index contributed by atoms with van der Waals surface area (Å²) in [4.78, 5) is 11.7. The first-order valence-corrected chi connectivity index (χ1v) is 6.37. The van der Waals surface area contributed by atoms with E-state index in [0.29, 0.717) is 18.7 Å². The zero-order chi connectivity index (χ0) is 14.1. The van der Waals surface area contributed by atoms with Gasteiger partial charge in [-0.25, -0.2) is 4.79 Å². The first kappa shape index (κ1) is 15.5. The van der Waals surface area contributed by atoms with Crippen molar-refractivity contribution in [3.63, 3.8) is 0 Å². The molecule has 0 bridgehead atoms. The molecule has 1 aromatic rings. The van der Waals surface area contributed by atoms with Gasteiger partial charge >= 0.3 is 5.97 Å². The largest absolute Gasteiger partial charge is 0.460 e. The maximum atomic E-state index is 11.7. The molecule has 5 nitrogen and oxygen atoms in total. The van der Waals surface area contributed by atoms with Gasteiger partial charge in [-0.2, -0.15) is 0 Å². The van der Waals surface area contributed by atoms with Crippen LogP contribution in [0.2, 0.25) is 0 Å². The summed E-state index contributed by atoms with van der Waals surface area (Å²) in [6, 6.07) is 6.92. The molecule has 0 aliphatic rings. The van der Waals surface area contributed by atoms with Crippen molar-refractivity contribution in [1.82, 2.24) is 0 Å². The van der Waals surface area contributed by atoms with Crippen LogP contribution in [-0.2, 0) is 9.47 Å². The summed E-state index contributed by atoms with van der Waals surface area (Å²) < 4.78 is 10.4. The molecule has 0 fully saturated rings. The highest BCUT2D eigenvalue weighted by atomic mass is 16.6. The van der Waals surface area contributed by atoms with Crippen molar-refractivity contribution in [2.45, 2.75) is 20.0 Å². The van der Waals surface area contributed by atoms with Crippen molar-refractivity contribution in [2.75, 3.05) is 31.7 Å². The van der Waals surface area contributed by atoms with Gasteiger partial charge in [0.05, 0.1) is 24.9 Å². The Hall–Kier alpha value is -1.59. The van der Waals surface area contributed by atoms with Crippen molar-refractivity contribution in [3.8, 4) is 0 Å². The SMILES string of the molecule is CC(C)OCCOC(=O)c1ccc(NCCO)cc1. The number of rotatable bonds is 8. The van der Waals surface area contributed by atoms with Gasteiger partial charge in [0.25, 0.3) is 0 Å². The summed E-state index contributed by atoms with van der Waals surface area (Å²) in [7, 11) is 0. The van der Waals surface area contributed by atoms with E-state index in [-0.39, 0.29) is 25.3 Å². The maximum Gasteiger partial charge on any atom is 0.338 e. The van der Waals surface area contributed by atoms with Gasteiger partial charge in [0.15, 0.2) is 0 Å². The zero-order valence-corrected chi connectivity index (χ0v) is 11.4. The minimum Gasteiger partial charge on any atom is -0.460 e. The highest BCUT2D eigenvalue weighted by molar-refractivity contribution is 5.89. The van der Waals surface area contributed by atoms with Crippen molar-refractivity contribution >= 4 is 11.7 Å². The van der Waals surface area contributed by atoms with Crippen LogP contribution in [0, 0.1) is 0 Å². The Bertz CT molecular complexity index is 376. The monoisotopic (exact) mass is 267 g/mol. The number of anilines is 1. The zero-order valence-electron chi connectivity index (χ0n) is 11.4. The lowest BCUT2D eigenvalue weighted by Gasteiger charge is -2.09. The van der Waals surface area contributed by atoms with Gasteiger partial charge in [-0.05, 0) is 38.1 Å². The Morgan fingerprint density at radius 1 is 1.26 bits per heavy atom. The number of hydrogen-bond donors (Lipinski definition) is 2. The highest BCUT2D eigenvalue weighted by Crippen LogP contribution is 2.10. The van der Waals surface area contributed by atoms with Crippen LogP contribution in [0.15, 0.2) is 24.3 Å². The van der Waals surface area contributed by atoms with Gasteiger partial charge in [0.2, 0.25) is 0 Å². The van der Waals surface area contributed by atoms with E-state index >= 15 is 0 Å². The number of ether oxygens (including phenoxy) is 2. The van der Waals surface area contributed by atoms with Crippen molar-refractivity contribution in [3.05, 3.63) is 29.8 Å². The third kappa shape index (κ3) is 6.22.